The highest BCUT2D eigenvalue weighted by Gasteiger charge is 2.44. The fourth-order valence-corrected chi connectivity index (χ4v) is 6.40. The Kier molecular flexibility index (Phi) is 7.19. The summed E-state index contributed by atoms with van der Waals surface area (Å²) in [6.07, 6.45) is 3.59. The maximum Gasteiger partial charge on any atom is 0.410 e. The molecule has 1 aromatic carbocycles. The van der Waals surface area contributed by atoms with E-state index in [2.05, 4.69) is 26.3 Å². The Bertz CT molecular complexity index is 686. The first kappa shape index (κ1) is 21.2. The van der Waals surface area contributed by atoms with Gasteiger partial charge >= 0.3 is 6.09 Å². The molecule has 0 aromatic heterocycles. The molecule has 0 unspecified atom stereocenters. The van der Waals surface area contributed by atoms with E-state index in [0.29, 0.717) is 6.42 Å². The Labute approximate surface area is 163 Å². The predicted molar refractivity (Wildman–Crippen MR) is 112 cm³/mol. The second kappa shape index (κ2) is 9.18. The molecule has 1 saturated heterocycles. The maximum atomic E-state index is 13.0. The van der Waals surface area contributed by atoms with Crippen LogP contribution in [0.2, 0.25) is 25.2 Å². The number of ether oxygens (including phenoxy) is 1. The van der Waals surface area contributed by atoms with Crippen molar-refractivity contribution in [2.24, 2.45) is 5.92 Å². The van der Waals surface area contributed by atoms with Crippen LogP contribution in [0.1, 0.15) is 18.9 Å². The summed E-state index contributed by atoms with van der Waals surface area (Å²) in [5.74, 6) is 0.00229. The summed E-state index contributed by atoms with van der Waals surface area (Å²) in [6.45, 7) is 14.4. The smallest absolute Gasteiger partial charge is 0.410 e. The standard InChI is InChI=1S/C22H31NO3Si/c1-6-13-27(4,5)16-20-17(3)21(24)14-19(7-2)23(20)22(25)26-15-18-11-9-8-10-12-18/h6-12,17,19-20H,1-2,13-16H2,3-5H3/t17-,19+,20-/m1/s1. The largest absolute Gasteiger partial charge is 0.445 e. The lowest BCUT2D eigenvalue weighted by molar-refractivity contribution is -0.128. The second-order valence-electron chi connectivity index (χ2n) is 8.14. The third kappa shape index (κ3) is 5.42. The zero-order chi connectivity index (χ0) is 20.0. The van der Waals surface area contributed by atoms with Crippen LogP contribution in [0, 0.1) is 5.92 Å². The number of hydrogen-bond donors (Lipinski definition) is 0. The van der Waals surface area contributed by atoms with Crippen LogP contribution in [0.25, 0.3) is 0 Å². The molecule has 1 aliphatic rings. The number of carbonyl (C=O) groups is 2. The Morgan fingerprint density at radius 3 is 2.56 bits per heavy atom. The SMILES string of the molecule is C=CC[Si](C)(C)C[C@@H]1[C@@H](C)C(=O)C[C@H](C=C)N1C(=O)OCc1ccccc1. The lowest BCUT2D eigenvalue weighted by atomic mass is 9.86. The molecule has 1 fully saturated rings. The molecule has 1 aromatic rings. The van der Waals surface area contributed by atoms with Gasteiger partial charge < -0.3 is 4.74 Å². The number of nitrogens with zero attached hydrogens (tertiary/aromatic N) is 1. The number of Topliss-reactive ketones (excluding diaryl/α,β-unsaturated/α-hetero) is 1. The van der Waals surface area contributed by atoms with Crippen molar-refractivity contribution in [2.75, 3.05) is 0 Å². The summed E-state index contributed by atoms with van der Waals surface area (Å²) in [6, 6.07) is 11.0. The summed E-state index contributed by atoms with van der Waals surface area (Å²) < 4.78 is 5.61. The molecule has 27 heavy (non-hydrogen) atoms. The molecule has 5 heteroatoms. The van der Waals surface area contributed by atoms with Gasteiger partial charge in [-0.05, 0) is 17.7 Å². The zero-order valence-electron chi connectivity index (χ0n) is 16.7. The molecule has 0 N–H and O–H groups in total. The van der Waals surface area contributed by atoms with E-state index in [1.165, 1.54) is 0 Å². The molecule has 0 radical (unpaired) electrons. The number of piperidine rings is 1. The normalized spacial score (nSPS) is 23.0. The van der Waals surface area contributed by atoms with Crippen molar-refractivity contribution < 1.29 is 14.3 Å². The molecule has 2 rings (SSSR count). The molecule has 3 atom stereocenters. The van der Waals surface area contributed by atoms with Crippen molar-refractivity contribution in [1.29, 1.82) is 0 Å². The summed E-state index contributed by atoms with van der Waals surface area (Å²) in [5.41, 5.74) is 0.944. The van der Waals surface area contributed by atoms with Gasteiger partial charge in [-0.25, -0.2) is 4.79 Å². The van der Waals surface area contributed by atoms with Crippen LogP contribution in [0.4, 0.5) is 4.79 Å². The fourth-order valence-electron chi connectivity index (χ4n) is 3.77. The van der Waals surface area contributed by atoms with Gasteiger partial charge in [0.25, 0.3) is 0 Å². The van der Waals surface area contributed by atoms with Gasteiger partial charge in [0.05, 0.1) is 14.1 Å². The number of benzene rings is 1. The van der Waals surface area contributed by atoms with Gasteiger partial charge in [0.15, 0.2) is 0 Å². The van der Waals surface area contributed by atoms with Crippen molar-refractivity contribution in [3.63, 3.8) is 0 Å². The number of ketones is 1. The topological polar surface area (TPSA) is 46.6 Å². The molecule has 0 spiro atoms. The molecule has 146 valence electrons. The van der Waals surface area contributed by atoms with Gasteiger partial charge in [0.1, 0.15) is 12.4 Å². The Hall–Kier alpha value is -2.14. The maximum absolute atomic E-state index is 13.0. The van der Waals surface area contributed by atoms with E-state index < -0.39 is 8.07 Å². The van der Waals surface area contributed by atoms with Gasteiger partial charge in [0, 0.05) is 18.4 Å². The minimum atomic E-state index is -1.63. The summed E-state index contributed by atoms with van der Waals surface area (Å²) >= 11 is 0. The molecule has 1 heterocycles. The van der Waals surface area contributed by atoms with Crippen molar-refractivity contribution in [2.45, 2.75) is 57.2 Å². The van der Waals surface area contributed by atoms with Gasteiger partial charge in [0.2, 0.25) is 0 Å². The van der Waals surface area contributed by atoms with E-state index in [0.717, 1.165) is 17.7 Å². The quantitative estimate of drug-likeness (QED) is 0.487. The minimum Gasteiger partial charge on any atom is -0.445 e. The lowest BCUT2D eigenvalue weighted by Crippen LogP contribution is -2.57. The van der Waals surface area contributed by atoms with Crippen LogP contribution >= 0.6 is 0 Å². The second-order valence-corrected chi connectivity index (χ2v) is 13.3. The summed E-state index contributed by atoms with van der Waals surface area (Å²) in [5, 5.41) is 0. The third-order valence-electron chi connectivity index (χ3n) is 5.36. The molecule has 1 aliphatic heterocycles. The van der Waals surface area contributed by atoms with Crippen LogP contribution in [0.3, 0.4) is 0 Å². The highest BCUT2D eigenvalue weighted by atomic mass is 28.3. The average molecular weight is 386 g/mol. The number of amides is 1. The van der Waals surface area contributed by atoms with Crippen molar-refractivity contribution >= 4 is 20.0 Å². The van der Waals surface area contributed by atoms with E-state index in [9.17, 15) is 9.59 Å². The molecular formula is C22H31NO3Si. The molecule has 0 aliphatic carbocycles. The van der Waals surface area contributed by atoms with Gasteiger partial charge in [-0.2, -0.15) is 0 Å². The van der Waals surface area contributed by atoms with E-state index in [4.69, 9.17) is 4.74 Å². The first-order valence-electron chi connectivity index (χ1n) is 9.54. The van der Waals surface area contributed by atoms with E-state index in [1.54, 1.807) is 11.0 Å². The first-order valence-corrected chi connectivity index (χ1v) is 13.0. The van der Waals surface area contributed by atoms with Crippen molar-refractivity contribution in [3.8, 4) is 0 Å². The Balaban J connectivity index is 2.22. The Morgan fingerprint density at radius 1 is 1.30 bits per heavy atom. The summed E-state index contributed by atoms with van der Waals surface area (Å²) in [4.78, 5) is 27.3. The van der Waals surface area contributed by atoms with Gasteiger partial charge in [-0.15, -0.1) is 13.2 Å². The highest BCUT2D eigenvalue weighted by Crippen LogP contribution is 2.33. The fraction of sp³-hybridized carbons (Fsp3) is 0.455. The van der Waals surface area contributed by atoms with Crippen LogP contribution < -0.4 is 0 Å². The van der Waals surface area contributed by atoms with Gasteiger partial charge in [-0.1, -0.05) is 62.5 Å². The van der Waals surface area contributed by atoms with Crippen LogP contribution in [-0.2, 0) is 16.1 Å². The predicted octanol–water partition coefficient (Wildman–Crippen LogP) is 5.05. The van der Waals surface area contributed by atoms with E-state index >= 15 is 0 Å². The number of likely N-dealkylation sites (tertiary alicyclic amines) is 1. The first-order chi connectivity index (χ1) is 12.8. The number of allylic oxidation sites excluding steroid dienone is 1. The molecule has 1 amide bonds. The number of hydrogen-bond acceptors (Lipinski definition) is 3. The van der Waals surface area contributed by atoms with Crippen molar-refractivity contribution in [1.82, 2.24) is 4.90 Å². The van der Waals surface area contributed by atoms with Crippen LogP contribution in [-0.4, -0.2) is 36.9 Å². The average Bonchev–Trinajstić information content (AvgIpc) is 2.64. The third-order valence-corrected chi connectivity index (χ3v) is 8.27. The monoisotopic (exact) mass is 385 g/mol. The molecular weight excluding hydrogens is 354 g/mol. The molecule has 0 saturated carbocycles. The Morgan fingerprint density at radius 2 is 1.96 bits per heavy atom. The van der Waals surface area contributed by atoms with E-state index in [-0.39, 0.29) is 36.5 Å². The van der Waals surface area contributed by atoms with E-state index in [1.807, 2.05) is 43.3 Å². The van der Waals surface area contributed by atoms with Crippen LogP contribution in [0.5, 0.6) is 0 Å². The number of carbonyl (C=O) groups excluding carboxylic acids is 2. The van der Waals surface area contributed by atoms with Crippen LogP contribution in [0.15, 0.2) is 55.6 Å². The highest BCUT2D eigenvalue weighted by molar-refractivity contribution is 6.78. The lowest BCUT2D eigenvalue weighted by Gasteiger charge is -2.45. The van der Waals surface area contributed by atoms with Crippen molar-refractivity contribution in [3.05, 3.63) is 61.2 Å². The molecule has 4 nitrogen and oxygen atoms in total. The zero-order valence-corrected chi connectivity index (χ0v) is 17.7. The molecule has 0 bridgehead atoms. The summed E-state index contributed by atoms with van der Waals surface area (Å²) in [7, 11) is -1.63. The minimum absolute atomic E-state index is 0.154. The van der Waals surface area contributed by atoms with Gasteiger partial charge in [-0.3, -0.25) is 9.69 Å². The number of rotatable bonds is 7.